The second kappa shape index (κ2) is 10.2. The first-order chi connectivity index (χ1) is 15.1. The number of rotatable bonds is 10. The van der Waals surface area contributed by atoms with Crippen LogP contribution in [0.4, 0.5) is 0 Å². The Kier molecular flexibility index (Phi) is 7.20. The van der Waals surface area contributed by atoms with Gasteiger partial charge in [-0.25, -0.2) is 0 Å². The fourth-order valence-corrected chi connectivity index (χ4v) is 4.78. The third-order valence-electron chi connectivity index (χ3n) is 6.58. The molecule has 2 fully saturated rings. The zero-order chi connectivity index (χ0) is 21.6. The molecule has 6 nitrogen and oxygen atoms in total. The first-order valence-corrected chi connectivity index (χ1v) is 11.6. The van der Waals surface area contributed by atoms with Crippen LogP contribution in [0.2, 0.25) is 0 Å². The van der Waals surface area contributed by atoms with Gasteiger partial charge in [0.05, 0.1) is 6.20 Å². The first kappa shape index (κ1) is 21.8. The number of aliphatic carboxylic acids is 1. The molecule has 0 radical (unpaired) electrons. The van der Waals surface area contributed by atoms with E-state index in [4.69, 9.17) is 5.11 Å². The van der Waals surface area contributed by atoms with Gasteiger partial charge in [-0.15, -0.1) is 0 Å². The molecule has 0 spiro atoms. The van der Waals surface area contributed by atoms with Crippen LogP contribution in [0.5, 0.6) is 0 Å². The smallest absolute Gasteiger partial charge is 0.325 e. The largest absolute Gasteiger partial charge is 0.480 e. The van der Waals surface area contributed by atoms with Gasteiger partial charge >= 0.3 is 5.97 Å². The van der Waals surface area contributed by atoms with Crippen LogP contribution in [0.25, 0.3) is 6.08 Å². The van der Waals surface area contributed by atoms with Gasteiger partial charge in [0.25, 0.3) is 0 Å². The maximum Gasteiger partial charge on any atom is 0.325 e. The summed E-state index contributed by atoms with van der Waals surface area (Å²) in [5, 5.41) is 20.5. The minimum absolute atomic E-state index is 0.0841. The van der Waals surface area contributed by atoms with Crippen molar-refractivity contribution in [2.24, 2.45) is 5.92 Å². The normalized spacial score (nSPS) is 26.0. The molecule has 1 aromatic heterocycles. The summed E-state index contributed by atoms with van der Waals surface area (Å²) < 4.78 is 1.48. The molecule has 2 aromatic rings. The third-order valence-corrected chi connectivity index (χ3v) is 6.58. The highest BCUT2D eigenvalue weighted by molar-refractivity contribution is 5.66. The fraction of sp³-hybridized carbons (Fsp3) is 0.520. The molecule has 2 saturated carbocycles. The fourth-order valence-electron chi connectivity index (χ4n) is 4.78. The quantitative estimate of drug-likeness (QED) is 0.542. The van der Waals surface area contributed by atoms with Crippen LogP contribution < -0.4 is 10.6 Å². The molecule has 0 saturated heterocycles. The summed E-state index contributed by atoms with van der Waals surface area (Å²) in [6, 6.07) is 12.5. The Labute approximate surface area is 184 Å². The van der Waals surface area contributed by atoms with Gasteiger partial charge < -0.3 is 15.7 Å². The maximum absolute atomic E-state index is 10.8. The molecular weight excluding hydrogens is 388 g/mol. The Morgan fingerprint density at radius 3 is 2.65 bits per heavy atom. The summed E-state index contributed by atoms with van der Waals surface area (Å²) in [7, 11) is 0. The van der Waals surface area contributed by atoms with Gasteiger partial charge in [0.1, 0.15) is 6.54 Å². The summed E-state index contributed by atoms with van der Waals surface area (Å²) >= 11 is 0. The van der Waals surface area contributed by atoms with E-state index in [0.717, 1.165) is 18.5 Å². The van der Waals surface area contributed by atoms with Crippen molar-refractivity contribution < 1.29 is 9.90 Å². The number of hydrogen-bond donors (Lipinski definition) is 3. The molecule has 6 heteroatoms. The molecular formula is C25H34N4O2. The topological polar surface area (TPSA) is 79.2 Å². The molecule has 0 amide bonds. The maximum atomic E-state index is 10.8. The van der Waals surface area contributed by atoms with E-state index >= 15 is 0 Å². The molecule has 1 aromatic carbocycles. The van der Waals surface area contributed by atoms with E-state index in [-0.39, 0.29) is 6.54 Å². The van der Waals surface area contributed by atoms with Crippen LogP contribution in [0.15, 0.2) is 48.3 Å². The Hall–Kier alpha value is -2.44. The molecule has 4 rings (SSSR count). The van der Waals surface area contributed by atoms with Crippen LogP contribution in [-0.4, -0.2) is 39.0 Å². The second-order valence-corrected chi connectivity index (χ2v) is 8.97. The van der Waals surface area contributed by atoms with E-state index in [1.54, 1.807) is 11.8 Å². The summed E-state index contributed by atoms with van der Waals surface area (Å²) in [6.45, 7) is 2.93. The standard InChI is InChI=1S/C25H34N4O2/c1-2-20(12-18-6-4-3-5-7-18)23-13-24(23)28-22-10-8-21(9-11-22)26-14-19-15-27-29(16-19)17-25(30)31/h3-7,12,15-16,21-24,26,28H,2,8-11,13-14,17H2,1H3,(H,30,31). The highest BCUT2D eigenvalue weighted by Crippen LogP contribution is 2.40. The molecule has 31 heavy (non-hydrogen) atoms. The van der Waals surface area contributed by atoms with Crippen molar-refractivity contribution in [1.29, 1.82) is 0 Å². The summed E-state index contributed by atoms with van der Waals surface area (Å²) in [6.07, 6.45) is 13.1. The average Bonchev–Trinajstić information content (AvgIpc) is 3.39. The molecule has 2 aliphatic carbocycles. The predicted molar refractivity (Wildman–Crippen MR) is 122 cm³/mol. The van der Waals surface area contributed by atoms with Gasteiger partial charge in [0, 0.05) is 36.4 Å². The summed E-state index contributed by atoms with van der Waals surface area (Å²) in [5.74, 6) is -0.170. The Balaban J connectivity index is 1.17. The van der Waals surface area contributed by atoms with Crippen LogP contribution >= 0.6 is 0 Å². The Morgan fingerprint density at radius 1 is 1.19 bits per heavy atom. The molecule has 2 unspecified atom stereocenters. The highest BCUT2D eigenvalue weighted by atomic mass is 16.4. The Morgan fingerprint density at radius 2 is 1.94 bits per heavy atom. The third kappa shape index (κ3) is 6.28. The van der Waals surface area contributed by atoms with E-state index < -0.39 is 5.97 Å². The minimum atomic E-state index is -0.868. The van der Waals surface area contributed by atoms with Crippen molar-refractivity contribution >= 4 is 12.0 Å². The lowest BCUT2D eigenvalue weighted by Gasteiger charge is -2.30. The Bertz CT molecular complexity index is 884. The van der Waals surface area contributed by atoms with Crippen LogP contribution in [0.3, 0.4) is 0 Å². The van der Waals surface area contributed by atoms with Crippen molar-refractivity contribution in [2.45, 2.75) is 76.7 Å². The van der Waals surface area contributed by atoms with E-state index in [1.807, 2.05) is 6.20 Å². The van der Waals surface area contributed by atoms with Crippen molar-refractivity contribution in [2.75, 3.05) is 0 Å². The van der Waals surface area contributed by atoms with E-state index in [2.05, 4.69) is 59.1 Å². The van der Waals surface area contributed by atoms with Gasteiger partial charge in [-0.05, 0) is 50.0 Å². The number of aromatic nitrogens is 2. The highest BCUT2D eigenvalue weighted by Gasteiger charge is 2.40. The molecule has 0 bridgehead atoms. The van der Waals surface area contributed by atoms with Crippen molar-refractivity contribution in [3.05, 3.63) is 59.4 Å². The van der Waals surface area contributed by atoms with Crippen LogP contribution in [0.1, 0.15) is 56.6 Å². The van der Waals surface area contributed by atoms with Crippen molar-refractivity contribution in [3.63, 3.8) is 0 Å². The van der Waals surface area contributed by atoms with Gasteiger partial charge in [-0.1, -0.05) is 48.9 Å². The lowest BCUT2D eigenvalue weighted by atomic mass is 9.91. The van der Waals surface area contributed by atoms with E-state index in [0.29, 0.717) is 24.0 Å². The minimum Gasteiger partial charge on any atom is -0.480 e. The molecule has 0 aliphatic heterocycles. The number of carboxylic acid groups (broad SMARTS) is 1. The predicted octanol–water partition coefficient (Wildman–Crippen LogP) is 3.84. The molecule has 2 aliphatic rings. The number of benzene rings is 1. The van der Waals surface area contributed by atoms with Gasteiger partial charge in [0.15, 0.2) is 0 Å². The number of nitrogens with one attached hydrogen (secondary N) is 2. The SMILES string of the molecule is CCC(=Cc1ccccc1)C1CC1NC1CCC(NCc2cnn(CC(=O)O)c2)CC1. The molecule has 2 atom stereocenters. The summed E-state index contributed by atoms with van der Waals surface area (Å²) in [5.41, 5.74) is 3.92. The van der Waals surface area contributed by atoms with Crippen molar-refractivity contribution in [1.82, 2.24) is 20.4 Å². The van der Waals surface area contributed by atoms with E-state index in [9.17, 15) is 4.79 Å². The number of nitrogens with zero attached hydrogens (tertiary/aromatic N) is 2. The van der Waals surface area contributed by atoms with Crippen molar-refractivity contribution in [3.8, 4) is 0 Å². The first-order valence-electron chi connectivity index (χ1n) is 11.6. The zero-order valence-electron chi connectivity index (χ0n) is 18.3. The van der Waals surface area contributed by atoms with Crippen LogP contribution in [0, 0.1) is 5.92 Å². The number of hydrogen-bond acceptors (Lipinski definition) is 4. The monoisotopic (exact) mass is 422 g/mol. The van der Waals surface area contributed by atoms with Gasteiger partial charge in [0.2, 0.25) is 0 Å². The lowest BCUT2D eigenvalue weighted by Crippen LogP contribution is -2.40. The van der Waals surface area contributed by atoms with E-state index in [1.165, 1.54) is 42.3 Å². The lowest BCUT2D eigenvalue weighted by molar-refractivity contribution is -0.137. The number of carbonyl (C=O) groups is 1. The molecule has 3 N–H and O–H groups in total. The van der Waals surface area contributed by atoms with Gasteiger partial charge in [-0.2, -0.15) is 5.10 Å². The average molecular weight is 423 g/mol. The second-order valence-electron chi connectivity index (χ2n) is 8.97. The van der Waals surface area contributed by atoms with Crippen LogP contribution in [-0.2, 0) is 17.9 Å². The molecule has 1 heterocycles. The molecule has 166 valence electrons. The summed E-state index contributed by atoms with van der Waals surface area (Å²) in [4.78, 5) is 10.8. The zero-order valence-corrected chi connectivity index (χ0v) is 18.3. The number of carboxylic acids is 1. The van der Waals surface area contributed by atoms with Gasteiger partial charge in [-0.3, -0.25) is 9.48 Å².